The molecule has 4 heteroatoms. The predicted molar refractivity (Wildman–Crippen MR) is 80.0 cm³/mol. The predicted octanol–water partition coefficient (Wildman–Crippen LogP) is 3.10. The number of hydrogen-bond donors (Lipinski definition) is 1. The molecule has 0 unspecified atom stereocenters. The molecule has 3 rings (SSSR count). The molecule has 0 amide bonds. The summed E-state index contributed by atoms with van der Waals surface area (Å²) in [7, 11) is -3.47. The van der Waals surface area contributed by atoms with Gasteiger partial charge in [0, 0.05) is 6.54 Å². The van der Waals surface area contributed by atoms with E-state index in [2.05, 4.69) is 11.4 Å². The molecule has 1 N–H and O–H groups in total. The lowest BCUT2D eigenvalue weighted by Gasteiger charge is -2.11. The summed E-state index contributed by atoms with van der Waals surface area (Å²) in [5.41, 5.74) is 3.90. The molecule has 0 aliphatic carbocycles. The number of fused-ring (bicyclic) bond motifs is 1. The minimum Gasteiger partial charge on any atom is -0.383 e. The van der Waals surface area contributed by atoms with E-state index in [0.29, 0.717) is 9.79 Å². The fraction of sp³-hybridized carbons (Fsp3) is 0.250. The highest BCUT2D eigenvalue weighted by Crippen LogP contribution is 2.34. The maximum atomic E-state index is 12.8. The lowest BCUT2D eigenvalue weighted by atomic mass is 10.1. The van der Waals surface area contributed by atoms with Gasteiger partial charge in [0.1, 0.15) is 0 Å². The maximum absolute atomic E-state index is 12.8. The van der Waals surface area contributed by atoms with Gasteiger partial charge < -0.3 is 5.32 Å². The van der Waals surface area contributed by atoms with Crippen LogP contribution in [0.15, 0.2) is 46.2 Å². The van der Waals surface area contributed by atoms with Crippen molar-refractivity contribution >= 4 is 15.5 Å². The van der Waals surface area contributed by atoms with E-state index in [4.69, 9.17) is 0 Å². The molecule has 0 atom stereocenters. The van der Waals surface area contributed by atoms with E-state index in [9.17, 15) is 8.42 Å². The maximum Gasteiger partial charge on any atom is 0.208 e. The highest BCUT2D eigenvalue weighted by molar-refractivity contribution is 7.91. The van der Waals surface area contributed by atoms with Gasteiger partial charge in [-0.05, 0) is 49.6 Å². The summed E-state index contributed by atoms with van der Waals surface area (Å²) < 4.78 is 25.6. The van der Waals surface area contributed by atoms with Crippen LogP contribution in [0.5, 0.6) is 0 Å². The standard InChI is InChI=1S/C16H17NO2S/c1-11-3-5-14(6-4-11)20(18,19)15-10-12(2)9-13-7-8-17-16(13)15/h3-6,9-10,17H,7-8H2,1-2H3. The summed E-state index contributed by atoms with van der Waals surface area (Å²) in [5.74, 6) is 0. The second-order valence-electron chi connectivity index (χ2n) is 5.29. The third-order valence-electron chi connectivity index (χ3n) is 3.65. The quantitative estimate of drug-likeness (QED) is 0.923. The van der Waals surface area contributed by atoms with Crippen LogP contribution in [-0.2, 0) is 16.3 Å². The fourth-order valence-electron chi connectivity index (χ4n) is 2.60. The Labute approximate surface area is 119 Å². The topological polar surface area (TPSA) is 46.2 Å². The second-order valence-corrected chi connectivity index (χ2v) is 7.21. The summed E-state index contributed by atoms with van der Waals surface area (Å²) in [6.45, 7) is 4.68. The molecule has 0 saturated carbocycles. The normalized spacial score (nSPS) is 13.9. The molecule has 1 heterocycles. The van der Waals surface area contributed by atoms with E-state index in [-0.39, 0.29) is 0 Å². The molecular weight excluding hydrogens is 270 g/mol. The molecule has 0 bridgehead atoms. The van der Waals surface area contributed by atoms with Crippen molar-refractivity contribution in [2.24, 2.45) is 0 Å². The van der Waals surface area contributed by atoms with Crippen molar-refractivity contribution in [3.8, 4) is 0 Å². The Morgan fingerprint density at radius 2 is 1.70 bits per heavy atom. The average molecular weight is 287 g/mol. The lowest BCUT2D eigenvalue weighted by molar-refractivity contribution is 0.596. The van der Waals surface area contributed by atoms with Gasteiger partial charge in [-0.15, -0.1) is 0 Å². The van der Waals surface area contributed by atoms with Gasteiger partial charge in [-0.3, -0.25) is 0 Å². The molecule has 1 aliphatic rings. The summed E-state index contributed by atoms with van der Waals surface area (Å²) in [5, 5.41) is 3.20. The molecule has 0 aromatic heterocycles. The summed E-state index contributed by atoms with van der Waals surface area (Å²) in [6.07, 6.45) is 0.882. The van der Waals surface area contributed by atoms with Crippen LogP contribution in [0.3, 0.4) is 0 Å². The number of benzene rings is 2. The first kappa shape index (κ1) is 13.2. The highest BCUT2D eigenvalue weighted by Gasteiger charge is 2.25. The van der Waals surface area contributed by atoms with E-state index in [1.807, 2.05) is 26.0 Å². The smallest absolute Gasteiger partial charge is 0.208 e. The number of nitrogens with one attached hydrogen (secondary N) is 1. The Morgan fingerprint density at radius 1 is 1.00 bits per heavy atom. The number of aryl methyl sites for hydroxylation is 2. The van der Waals surface area contributed by atoms with Crippen molar-refractivity contribution in [1.82, 2.24) is 0 Å². The van der Waals surface area contributed by atoms with E-state index in [1.54, 1.807) is 18.2 Å². The van der Waals surface area contributed by atoms with Crippen molar-refractivity contribution in [3.05, 3.63) is 53.1 Å². The first-order valence-electron chi connectivity index (χ1n) is 6.67. The van der Waals surface area contributed by atoms with Crippen molar-refractivity contribution < 1.29 is 8.42 Å². The van der Waals surface area contributed by atoms with Crippen LogP contribution in [0.25, 0.3) is 0 Å². The SMILES string of the molecule is Cc1ccc(S(=O)(=O)c2cc(C)cc3c2NCC3)cc1. The summed E-state index contributed by atoms with van der Waals surface area (Å²) >= 11 is 0. The Balaban J connectivity index is 2.20. The highest BCUT2D eigenvalue weighted by atomic mass is 32.2. The van der Waals surface area contributed by atoms with Crippen LogP contribution < -0.4 is 5.32 Å². The zero-order chi connectivity index (χ0) is 14.3. The van der Waals surface area contributed by atoms with E-state index >= 15 is 0 Å². The van der Waals surface area contributed by atoms with Crippen molar-refractivity contribution in [1.29, 1.82) is 0 Å². The minimum absolute atomic E-state index is 0.351. The number of sulfone groups is 1. The van der Waals surface area contributed by atoms with Gasteiger partial charge in [-0.1, -0.05) is 23.8 Å². The molecule has 0 fully saturated rings. The van der Waals surface area contributed by atoms with Gasteiger partial charge in [0.2, 0.25) is 9.84 Å². The Hall–Kier alpha value is -1.81. The first-order chi connectivity index (χ1) is 9.48. The molecular formula is C16H17NO2S. The molecule has 0 radical (unpaired) electrons. The molecule has 1 aliphatic heterocycles. The Bertz CT molecular complexity index is 762. The van der Waals surface area contributed by atoms with Gasteiger partial charge in [0.05, 0.1) is 15.5 Å². The van der Waals surface area contributed by atoms with Crippen LogP contribution >= 0.6 is 0 Å². The van der Waals surface area contributed by atoms with Crippen molar-refractivity contribution in [2.45, 2.75) is 30.1 Å². The Kier molecular flexibility index (Phi) is 3.05. The molecule has 104 valence electrons. The van der Waals surface area contributed by atoms with E-state index in [0.717, 1.165) is 35.3 Å². The van der Waals surface area contributed by atoms with Gasteiger partial charge in [0.15, 0.2) is 0 Å². The zero-order valence-electron chi connectivity index (χ0n) is 11.6. The first-order valence-corrected chi connectivity index (χ1v) is 8.16. The van der Waals surface area contributed by atoms with Crippen LogP contribution in [0.2, 0.25) is 0 Å². The average Bonchev–Trinajstić information content (AvgIpc) is 2.86. The molecule has 2 aromatic carbocycles. The third kappa shape index (κ3) is 2.10. The van der Waals surface area contributed by atoms with Gasteiger partial charge in [0.25, 0.3) is 0 Å². The van der Waals surface area contributed by atoms with Crippen LogP contribution in [-0.4, -0.2) is 15.0 Å². The van der Waals surface area contributed by atoms with Gasteiger partial charge >= 0.3 is 0 Å². The molecule has 3 nitrogen and oxygen atoms in total. The number of hydrogen-bond acceptors (Lipinski definition) is 3. The fourth-order valence-corrected chi connectivity index (χ4v) is 4.16. The van der Waals surface area contributed by atoms with Gasteiger partial charge in [-0.2, -0.15) is 0 Å². The van der Waals surface area contributed by atoms with Crippen LogP contribution in [0.4, 0.5) is 5.69 Å². The number of rotatable bonds is 2. The van der Waals surface area contributed by atoms with Crippen molar-refractivity contribution in [2.75, 3.05) is 11.9 Å². The largest absolute Gasteiger partial charge is 0.383 e. The zero-order valence-corrected chi connectivity index (χ0v) is 12.4. The van der Waals surface area contributed by atoms with Crippen LogP contribution in [0.1, 0.15) is 16.7 Å². The minimum atomic E-state index is -3.47. The molecule has 2 aromatic rings. The molecule has 0 spiro atoms. The molecule has 20 heavy (non-hydrogen) atoms. The van der Waals surface area contributed by atoms with Gasteiger partial charge in [-0.25, -0.2) is 8.42 Å². The molecule has 0 saturated heterocycles. The Morgan fingerprint density at radius 3 is 2.40 bits per heavy atom. The lowest BCUT2D eigenvalue weighted by Crippen LogP contribution is -2.06. The van der Waals surface area contributed by atoms with E-state index in [1.165, 1.54) is 0 Å². The van der Waals surface area contributed by atoms with Crippen molar-refractivity contribution in [3.63, 3.8) is 0 Å². The van der Waals surface area contributed by atoms with E-state index < -0.39 is 9.84 Å². The number of anilines is 1. The summed E-state index contributed by atoms with van der Waals surface area (Å²) in [6, 6.07) is 10.8. The second kappa shape index (κ2) is 4.63. The summed E-state index contributed by atoms with van der Waals surface area (Å²) in [4.78, 5) is 0.749. The van der Waals surface area contributed by atoms with Crippen LogP contribution in [0, 0.1) is 13.8 Å². The monoisotopic (exact) mass is 287 g/mol. The third-order valence-corrected chi connectivity index (χ3v) is 5.44.